The molecule has 0 saturated carbocycles. The maximum absolute atomic E-state index is 13.8. The van der Waals surface area contributed by atoms with E-state index in [0.29, 0.717) is 19.0 Å². The molecule has 7 heterocycles. The highest BCUT2D eigenvalue weighted by molar-refractivity contribution is 7.19. The second-order valence-electron chi connectivity index (χ2n) is 13.1. The Kier molecular flexibility index (Phi) is 6.40. The maximum Gasteiger partial charge on any atom is 0.212 e. The predicted octanol–water partition coefficient (Wildman–Crippen LogP) is 6.70. The summed E-state index contributed by atoms with van der Waals surface area (Å²) in [4.78, 5) is 14.3. The number of halogens is 1. The van der Waals surface area contributed by atoms with Crippen LogP contribution in [0.2, 0.25) is 0 Å². The number of ether oxygens (including phenoxy) is 1. The van der Waals surface area contributed by atoms with Crippen LogP contribution in [0.25, 0.3) is 43.5 Å². The first kappa shape index (κ1) is 27.7. The van der Waals surface area contributed by atoms with Gasteiger partial charge in [-0.1, -0.05) is 30.3 Å². The monoisotopic (exact) mass is 643 g/mol. The molecule has 5 atom stereocenters. The van der Waals surface area contributed by atoms with Crippen molar-refractivity contribution in [2.45, 2.75) is 49.9 Å². The van der Waals surface area contributed by atoms with Gasteiger partial charge in [-0.05, 0) is 67.2 Å². The molecule has 6 aromatic rings. The SMILES string of the molecule is FC1CNC(c2ncc(-c3ccc4c(c3)cc3n4C(c4cc5ccccc5s4)Oc4cc(C5=NC(C6CCCN6)NC5)ccc4-3)[nH]2)C1. The Morgan fingerprint density at radius 2 is 1.87 bits per heavy atom. The van der Waals surface area contributed by atoms with E-state index in [-0.39, 0.29) is 18.4 Å². The molecule has 10 rings (SSSR count). The molecule has 4 N–H and O–H groups in total. The zero-order valence-corrected chi connectivity index (χ0v) is 26.5. The number of rotatable bonds is 5. The number of aromatic amines is 1. The molecule has 3 aromatic heterocycles. The summed E-state index contributed by atoms with van der Waals surface area (Å²) in [5.41, 5.74) is 7.46. The summed E-state index contributed by atoms with van der Waals surface area (Å²) in [5, 5.41) is 12.8. The lowest BCUT2D eigenvalue weighted by Gasteiger charge is -2.29. The molecule has 0 spiro atoms. The van der Waals surface area contributed by atoms with Gasteiger partial charge in [-0.25, -0.2) is 9.37 Å². The summed E-state index contributed by atoms with van der Waals surface area (Å²) in [5.74, 6) is 1.66. The van der Waals surface area contributed by atoms with Gasteiger partial charge in [0, 0.05) is 52.3 Å². The van der Waals surface area contributed by atoms with Gasteiger partial charge in [0.25, 0.3) is 0 Å². The lowest BCUT2D eigenvalue weighted by Crippen LogP contribution is -2.40. The van der Waals surface area contributed by atoms with Crippen LogP contribution in [-0.4, -0.2) is 58.3 Å². The number of alkyl halides is 1. The number of aliphatic imine (C=N–C) groups is 1. The third kappa shape index (κ3) is 4.65. The van der Waals surface area contributed by atoms with Crippen molar-refractivity contribution in [2.24, 2.45) is 4.99 Å². The van der Waals surface area contributed by atoms with Crippen LogP contribution in [-0.2, 0) is 0 Å². The van der Waals surface area contributed by atoms with Gasteiger partial charge in [-0.2, -0.15) is 0 Å². The van der Waals surface area contributed by atoms with E-state index in [0.717, 1.165) is 80.7 Å². The van der Waals surface area contributed by atoms with Crippen LogP contribution in [0.1, 0.15) is 47.8 Å². The van der Waals surface area contributed by atoms with Crippen molar-refractivity contribution < 1.29 is 9.13 Å². The molecule has 0 bridgehead atoms. The molecule has 47 heavy (non-hydrogen) atoms. The zero-order valence-electron chi connectivity index (χ0n) is 25.7. The van der Waals surface area contributed by atoms with E-state index in [1.807, 2.05) is 6.20 Å². The molecular weight excluding hydrogens is 610 g/mol. The smallest absolute Gasteiger partial charge is 0.212 e. The third-order valence-electron chi connectivity index (χ3n) is 10.2. The standard InChI is InChI=1S/C37H34FN7OS/c38-24-16-27(40-17-24)36-42-18-28(44-36)20-8-10-30-23(12-20)13-31-25-9-7-21(29-19-41-35(43-29)26-5-3-11-39-26)14-32(25)46-37(45(30)31)34-15-22-4-1-2-6-33(22)47-34/h1-2,4,6-10,12-15,18,24,26-27,35,37,39-41H,3,5,11,16-17,19H2,(H,42,44). The molecule has 4 aliphatic heterocycles. The summed E-state index contributed by atoms with van der Waals surface area (Å²) in [6, 6.07) is 26.5. The van der Waals surface area contributed by atoms with E-state index in [1.165, 1.54) is 16.5 Å². The lowest BCUT2D eigenvalue weighted by molar-refractivity contribution is 0.177. The normalized spacial score (nSPS) is 25.3. The molecule has 2 fully saturated rings. The van der Waals surface area contributed by atoms with Crippen molar-refractivity contribution in [1.82, 2.24) is 30.5 Å². The van der Waals surface area contributed by atoms with E-state index in [4.69, 9.17) is 9.73 Å². The third-order valence-corrected chi connectivity index (χ3v) is 11.3. The molecule has 8 nitrogen and oxygen atoms in total. The molecule has 3 aromatic carbocycles. The number of hydrogen-bond donors (Lipinski definition) is 4. The van der Waals surface area contributed by atoms with Gasteiger partial charge < -0.3 is 20.4 Å². The second-order valence-corrected chi connectivity index (χ2v) is 14.2. The summed E-state index contributed by atoms with van der Waals surface area (Å²) in [6.07, 6.45) is 3.64. The van der Waals surface area contributed by atoms with Gasteiger partial charge in [0.05, 0.1) is 39.7 Å². The molecular formula is C37H34FN7OS. The van der Waals surface area contributed by atoms with Crippen molar-refractivity contribution in [3.05, 3.63) is 95.3 Å². The van der Waals surface area contributed by atoms with Crippen LogP contribution in [0.5, 0.6) is 5.75 Å². The van der Waals surface area contributed by atoms with E-state index >= 15 is 0 Å². The predicted molar refractivity (Wildman–Crippen MR) is 185 cm³/mol. The first-order valence-electron chi connectivity index (χ1n) is 16.6. The molecule has 0 amide bonds. The van der Waals surface area contributed by atoms with Gasteiger partial charge in [-0.15, -0.1) is 11.3 Å². The second kappa shape index (κ2) is 10.8. The van der Waals surface area contributed by atoms with Crippen molar-refractivity contribution in [3.8, 4) is 28.3 Å². The van der Waals surface area contributed by atoms with Crippen LogP contribution in [0.4, 0.5) is 4.39 Å². The number of aromatic nitrogens is 3. The number of nitrogens with one attached hydrogen (secondary N) is 4. The molecule has 10 heteroatoms. The molecule has 236 valence electrons. The van der Waals surface area contributed by atoms with Crippen molar-refractivity contribution in [3.63, 3.8) is 0 Å². The van der Waals surface area contributed by atoms with E-state index in [9.17, 15) is 4.39 Å². The Morgan fingerprint density at radius 1 is 0.936 bits per heavy atom. The fourth-order valence-corrected chi connectivity index (χ4v) is 8.85. The average molecular weight is 644 g/mol. The topological polar surface area (TPSA) is 91.3 Å². The Hall–Kier alpha value is -4.35. The van der Waals surface area contributed by atoms with Gasteiger partial charge >= 0.3 is 0 Å². The Bertz CT molecular complexity index is 2160. The zero-order chi connectivity index (χ0) is 31.1. The number of imidazole rings is 1. The van der Waals surface area contributed by atoms with Crippen LogP contribution in [0.15, 0.2) is 84.0 Å². The van der Waals surface area contributed by atoms with Crippen LogP contribution in [0.3, 0.4) is 0 Å². The number of fused-ring (bicyclic) bond motifs is 6. The summed E-state index contributed by atoms with van der Waals surface area (Å²) < 4.78 is 24.4. The van der Waals surface area contributed by atoms with Crippen molar-refractivity contribution >= 4 is 38.0 Å². The van der Waals surface area contributed by atoms with Gasteiger partial charge in [0.2, 0.25) is 6.23 Å². The van der Waals surface area contributed by atoms with Gasteiger partial charge in [0.15, 0.2) is 0 Å². The van der Waals surface area contributed by atoms with Crippen molar-refractivity contribution in [1.29, 1.82) is 0 Å². The summed E-state index contributed by atoms with van der Waals surface area (Å²) in [6.45, 7) is 2.19. The van der Waals surface area contributed by atoms with Crippen LogP contribution in [0, 0.1) is 0 Å². The molecule has 0 aliphatic carbocycles. The number of hydrogen-bond acceptors (Lipinski definition) is 7. The largest absolute Gasteiger partial charge is 0.464 e. The Labute approximate surface area is 275 Å². The fraction of sp³-hybridized carbons (Fsp3) is 0.297. The number of benzene rings is 3. The fourth-order valence-electron chi connectivity index (χ4n) is 7.77. The minimum atomic E-state index is -0.832. The number of nitrogens with zero attached hydrogens (tertiary/aromatic N) is 3. The highest BCUT2D eigenvalue weighted by Crippen LogP contribution is 2.47. The Balaban J connectivity index is 1.06. The lowest BCUT2D eigenvalue weighted by atomic mass is 10.0. The van der Waals surface area contributed by atoms with Crippen LogP contribution >= 0.6 is 11.3 Å². The van der Waals surface area contributed by atoms with Gasteiger partial charge in [-0.3, -0.25) is 14.9 Å². The van der Waals surface area contributed by atoms with E-state index in [2.05, 4.69) is 103 Å². The van der Waals surface area contributed by atoms with Crippen molar-refractivity contribution in [2.75, 3.05) is 19.6 Å². The minimum Gasteiger partial charge on any atom is -0.464 e. The molecule has 5 unspecified atom stereocenters. The first-order valence-corrected chi connectivity index (χ1v) is 17.4. The number of thiophene rings is 1. The first-order chi connectivity index (χ1) is 23.1. The average Bonchev–Trinajstić information content (AvgIpc) is 3.94. The highest BCUT2D eigenvalue weighted by Gasteiger charge is 2.33. The highest BCUT2D eigenvalue weighted by atomic mass is 32.1. The molecule has 0 radical (unpaired) electrons. The van der Waals surface area contributed by atoms with Crippen LogP contribution < -0.4 is 20.7 Å². The molecule has 2 saturated heterocycles. The summed E-state index contributed by atoms with van der Waals surface area (Å²) >= 11 is 1.78. The van der Waals surface area contributed by atoms with E-state index < -0.39 is 6.17 Å². The minimum absolute atomic E-state index is 0.0823. The Morgan fingerprint density at radius 3 is 2.74 bits per heavy atom. The number of H-pyrrole nitrogens is 1. The molecule has 4 aliphatic rings. The summed E-state index contributed by atoms with van der Waals surface area (Å²) in [7, 11) is 0. The quantitative estimate of drug-likeness (QED) is 0.168. The maximum atomic E-state index is 13.8. The van der Waals surface area contributed by atoms with E-state index in [1.54, 1.807) is 11.3 Å². The van der Waals surface area contributed by atoms with Gasteiger partial charge in [0.1, 0.15) is 23.9 Å².